The molecule has 3 spiro atoms. The van der Waals surface area contributed by atoms with Crippen LogP contribution < -0.4 is 5.73 Å². The zero-order valence-electron chi connectivity index (χ0n) is 39.0. The van der Waals surface area contributed by atoms with Crippen LogP contribution in [0.1, 0.15) is 157 Å². The van der Waals surface area contributed by atoms with Crippen LogP contribution in [0.25, 0.3) is 0 Å². The third-order valence-electron chi connectivity index (χ3n) is 21.8. The van der Waals surface area contributed by atoms with Gasteiger partial charge in [0.05, 0.1) is 11.0 Å². The van der Waals surface area contributed by atoms with E-state index in [0.717, 1.165) is 56.4 Å². The van der Waals surface area contributed by atoms with E-state index in [9.17, 15) is 5.11 Å². The number of benzene rings is 1. The first-order valence-corrected chi connectivity index (χ1v) is 27.1. The molecule has 8 nitrogen and oxygen atoms in total. The second-order valence-corrected chi connectivity index (χ2v) is 24.3. The maximum atomic E-state index is 16.3. The number of hydrogen-bond acceptors (Lipinski definition) is 8. The Kier molecular flexibility index (Phi) is 9.12. The van der Waals surface area contributed by atoms with E-state index in [1.54, 1.807) is 11.3 Å². The van der Waals surface area contributed by atoms with Crippen LogP contribution in [0.2, 0.25) is 0 Å². The van der Waals surface area contributed by atoms with Gasteiger partial charge in [-0.15, -0.1) is 0 Å². The largest absolute Gasteiger partial charge is 0.509 e. The molecular weight excluding hydrogens is 807 g/mol. The van der Waals surface area contributed by atoms with Crippen LogP contribution in [0.3, 0.4) is 0 Å². The highest BCUT2D eigenvalue weighted by molar-refractivity contribution is 6.00. The summed E-state index contributed by atoms with van der Waals surface area (Å²) in [6.45, 7) is 6.43. The lowest BCUT2D eigenvalue weighted by atomic mass is 9.27. The average Bonchev–Trinajstić information content (AvgIpc) is 3.78. The van der Waals surface area contributed by atoms with Gasteiger partial charge in [-0.2, -0.15) is 0 Å². The number of nitrogens with two attached hydrogens (primary N) is 1. The van der Waals surface area contributed by atoms with Crippen molar-refractivity contribution in [3.05, 3.63) is 81.0 Å². The summed E-state index contributed by atoms with van der Waals surface area (Å²) in [7, 11) is 0. The molecular formula is C57H73N3O5. The molecule has 65 heavy (non-hydrogen) atoms. The minimum absolute atomic E-state index is 0.112. The van der Waals surface area contributed by atoms with Crippen molar-refractivity contribution in [3.63, 3.8) is 0 Å². The van der Waals surface area contributed by atoms with Crippen LogP contribution in [0.5, 0.6) is 0 Å². The summed E-state index contributed by atoms with van der Waals surface area (Å²) >= 11 is 0. The minimum atomic E-state index is -1.12. The molecule has 346 valence electrons. The molecule has 9 aliphatic heterocycles. The Bertz CT molecular complexity index is 2350. The van der Waals surface area contributed by atoms with Crippen LogP contribution in [-0.2, 0) is 26.3 Å². The van der Waals surface area contributed by atoms with Crippen molar-refractivity contribution >= 4 is 11.9 Å². The molecule has 6 fully saturated rings. The molecule has 8 heteroatoms. The number of allylic oxidation sites excluding steroid dienone is 4. The lowest BCUT2D eigenvalue weighted by Gasteiger charge is -2.73. The molecule has 0 aromatic heterocycles. The van der Waals surface area contributed by atoms with E-state index < -0.39 is 16.4 Å². The zero-order chi connectivity index (χ0) is 43.6. The fourth-order valence-corrected chi connectivity index (χ4v) is 19.7. The molecule has 7 aliphatic carbocycles. The van der Waals surface area contributed by atoms with E-state index in [0.29, 0.717) is 84.6 Å². The van der Waals surface area contributed by atoms with Gasteiger partial charge in [0.2, 0.25) is 0 Å². The molecule has 1 unspecified atom stereocenters. The summed E-state index contributed by atoms with van der Waals surface area (Å²) in [4.78, 5) is 37.2. The molecule has 1 aromatic carbocycles. The number of carbonyl (C=O) groups excluding carboxylic acids is 2. The van der Waals surface area contributed by atoms with Gasteiger partial charge in [-0.1, -0.05) is 86.9 Å². The highest BCUT2D eigenvalue weighted by Crippen LogP contribution is 2.88. The predicted molar refractivity (Wildman–Crippen MR) is 249 cm³/mol. The highest BCUT2D eigenvalue weighted by atomic mass is 16.6. The van der Waals surface area contributed by atoms with Crippen molar-refractivity contribution in [2.24, 2.45) is 75.7 Å². The number of esters is 2. The van der Waals surface area contributed by atoms with Gasteiger partial charge in [-0.25, -0.2) is 4.79 Å². The lowest BCUT2D eigenvalue weighted by Crippen LogP contribution is -2.78. The molecule has 1 aromatic rings. The molecule has 0 amide bonds. The van der Waals surface area contributed by atoms with Crippen molar-refractivity contribution in [1.82, 2.24) is 9.80 Å². The zero-order valence-corrected chi connectivity index (χ0v) is 39.0. The van der Waals surface area contributed by atoms with Crippen molar-refractivity contribution < 1.29 is 24.2 Å². The van der Waals surface area contributed by atoms with Crippen LogP contribution in [0, 0.1) is 70.0 Å². The van der Waals surface area contributed by atoms with Gasteiger partial charge in [0.15, 0.2) is 11.4 Å². The monoisotopic (exact) mass is 880 g/mol. The Balaban J connectivity index is 1.06. The first kappa shape index (κ1) is 40.7. The Morgan fingerprint density at radius 1 is 0.862 bits per heavy atom. The highest BCUT2D eigenvalue weighted by Gasteiger charge is 2.94. The molecule has 3 N–H and O–H groups in total. The molecule has 17 rings (SSSR count). The first-order chi connectivity index (χ1) is 31.8. The maximum Gasteiger partial charge on any atom is 0.339 e. The number of hydrogen-bond donors (Lipinski definition) is 2. The Labute approximate surface area is 386 Å². The molecule has 3 saturated heterocycles. The van der Waals surface area contributed by atoms with Crippen LogP contribution in [0.15, 0.2) is 64.3 Å². The number of piperidine rings is 2. The molecule has 0 radical (unpaired) electrons. The third-order valence-corrected chi connectivity index (χ3v) is 21.8. The summed E-state index contributed by atoms with van der Waals surface area (Å²) in [6.07, 6.45) is 27.9. The van der Waals surface area contributed by atoms with E-state index in [2.05, 4.69) is 47.1 Å². The number of fused-ring (bicyclic) bond motifs is 3. The van der Waals surface area contributed by atoms with E-state index in [1.807, 2.05) is 0 Å². The van der Waals surface area contributed by atoms with Crippen molar-refractivity contribution in [2.45, 2.75) is 159 Å². The maximum absolute atomic E-state index is 16.3. The number of aryl methyl sites for hydroxylation is 1. The number of nitrogens with zero attached hydrogens (tertiary/aromatic N) is 2. The van der Waals surface area contributed by atoms with Crippen molar-refractivity contribution in [1.29, 1.82) is 0 Å². The summed E-state index contributed by atoms with van der Waals surface area (Å²) in [6, 6.07) is 7.15. The van der Waals surface area contributed by atoms with Gasteiger partial charge < -0.3 is 25.2 Å². The van der Waals surface area contributed by atoms with E-state index in [4.69, 9.17) is 15.2 Å². The number of ether oxygens (including phenoxy) is 2. The fraction of sp³-hybridized carbons (Fsp3) is 0.719. The second-order valence-electron chi connectivity index (χ2n) is 24.3. The standard InChI is InChI=1S/C57H73N3O5/c1-32-24-39-19-20-44-40-25-33-29-59(31-40)45(35-12-6-3-7-13-35)28-46(61)52-55-22-21-41-49(51(39)60(44)30-33)42(32)26-38-18-17-37(34-10-4-2-5-11-34)27-47(56(55,50(38)41)54(63)64-52)57(55)43-16-8-14-36(15-9-23-58)48(43)53(62)65-57/h8,14,16-18,32-35,37-38,40,42,44-45,47,49,61H,2-7,9-13,15,19-31,58H2,1H3/b18-17-,52-46+/t32-,33-,37-,38+,40+,42-,44+,45+,47+,49+,55-,56-,57-/m1/s1. The molecule has 16 aliphatic rings. The summed E-state index contributed by atoms with van der Waals surface area (Å²) < 4.78 is 14.5. The average molecular weight is 880 g/mol. The van der Waals surface area contributed by atoms with Gasteiger partial charge in [-0.3, -0.25) is 9.69 Å². The van der Waals surface area contributed by atoms with E-state index >= 15 is 9.59 Å². The SMILES string of the molecule is C[C@@H]1CC2=C3[C@H]4C5=C6[C@@H](/C=C\[C@@H](C7CCCCC7)C[C@H]7[C@]68C(=O)O/C(=C(/O)C[C@@H](C6CCCCC6)N6C[C@H]9C[C@@H](C6)[C@H](CC2)N3C9)[C@@]8(CC5)[C@]72OC(=O)c3c(CCCN)cccc32)C[C@@H]41. The van der Waals surface area contributed by atoms with Crippen LogP contribution >= 0.6 is 0 Å². The predicted octanol–water partition coefficient (Wildman–Crippen LogP) is 10.4. The van der Waals surface area contributed by atoms with Gasteiger partial charge in [0, 0.05) is 61.2 Å². The van der Waals surface area contributed by atoms with Crippen LogP contribution in [-0.4, -0.2) is 65.1 Å². The topological polar surface area (TPSA) is 105 Å². The normalized spacial score (nSPS) is 46.4. The van der Waals surface area contributed by atoms with Gasteiger partial charge in [0.25, 0.3) is 0 Å². The third kappa shape index (κ3) is 5.13. The van der Waals surface area contributed by atoms with Gasteiger partial charge in [-0.05, 0) is 155 Å². The Morgan fingerprint density at radius 2 is 1.68 bits per heavy atom. The van der Waals surface area contributed by atoms with Crippen LogP contribution in [0.4, 0.5) is 0 Å². The van der Waals surface area contributed by atoms with E-state index in [1.165, 1.54) is 101 Å². The van der Waals surface area contributed by atoms with Gasteiger partial charge in [0.1, 0.15) is 11.2 Å². The van der Waals surface area contributed by atoms with Crippen molar-refractivity contribution in [2.75, 3.05) is 26.2 Å². The lowest BCUT2D eigenvalue weighted by molar-refractivity contribution is -0.282. The second kappa shape index (κ2) is 14.6. The number of carbonyl (C=O) groups is 2. The quantitative estimate of drug-likeness (QED) is 0.223. The minimum Gasteiger partial charge on any atom is -0.509 e. The number of aliphatic hydroxyl groups excluding tert-OH is 1. The molecule has 14 atom stereocenters. The van der Waals surface area contributed by atoms with Gasteiger partial charge >= 0.3 is 11.9 Å². The summed E-state index contributed by atoms with van der Waals surface area (Å²) in [5.74, 6) is 4.10. The molecule has 12 bridgehead atoms. The summed E-state index contributed by atoms with van der Waals surface area (Å²) in [5.41, 5.74) is 11.9. The number of rotatable bonds is 5. The first-order valence-electron chi connectivity index (χ1n) is 27.1. The fourth-order valence-electron chi connectivity index (χ4n) is 19.7. The Morgan fingerprint density at radius 3 is 2.49 bits per heavy atom. The summed E-state index contributed by atoms with van der Waals surface area (Å²) in [5, 5.41) is 13.4. The molecule has 9 heterocycles. The van der Waals surface area contributed by atoms with Crippen molar-refractivity contribution in [3.8, 4) is 0 Å². The van der Waals surface area contributed by atoms with E-state index in [-0.39, 0.29) is 41.5 Å². The number of aliphatic hydroxyl groups is 1. The smallest absolute Gasteiger partial charge is 0.339 e. The Hall–Kier alpha value is -3.36. The molecule has 3 saturated carbocycles.